The van der Waals surface area contributed by atoms with Gasteiger partial charge in [-0.2, -0.15) is 0 Å². The van der Waals surface area contributed by atoms with Crippen LogP contribution in [0.3, 0.4) is 0 Å². The van der Waals surface area contributed by atoms with Gasteiger partial charge in [-0.1, -0.05) is 15.9 Å². The first-order valence-corrected chi connectivity index (χ1v) is 7.89. The van der Waals surface area contributed by atoms with Gasteiger partial charge in [-0.3, -0.25) is 19.4 Å². The van der Waals surface area contributed by atoms with Crippen LogP contribution in [0.1, 0.15) is 21.6 Å². The Labute approximate surface area is 144 Å². The van der Waals surface area contributed by atoms with Crippen LogP contribution in [0.2, 0.25) is 0 Å². The van der Waals surface area contributed by atoms with E-state index in [2.05, 4.69) is 36.2 Å². The van der Waals surface area contributed by atoms with E-state index in [0.29, 0.717) is 27.9 Å². The van der Waals surface area contributed by atoms with Crippen LogP contribution in [0.15, 0.2) is 44.5 Å². The molecule has 0 fully saturated rings. The Morgan fingerprint density at radius 3 is 2.75 bits per heavy atom. The monoisotopic (exact) mass is 388 g/mol. The number of hydrogen-bond acceptors (Lipinski definition) is 4. The maximum Gasteiger partial charge on any atom is 0.314 e. The molecular weight excluding hydrogens is 376 g/mol. The lowest BCUT2D eigenvalue weighted by Crippen LogP contribution is -2.30. The van der Waals surface area contributed by atoms with Gasteiger partial charge in [0.2, 0.25) is 0 Å². The van der Waals surface area contributed by atoms with E-state index < -0.39 is 11.1 Å². The zero-order valence-electron chi connectivity index (χ0n) is 12.6. The number of nitrogens with zero attached hydrogens (tertiary/aromatic N) is 1. The van der Waals surface area contributed by atoms with Crippen molar-refractivity contribution in [3.05, 3.63) is 72.5 Å². The van der Waals surface area contributed by atoms with Gasteiger partial charge < -0.3 is 15.3 Å². The molecule has 0 aliphatic heterocycles. The highest BCUT2D eigenvalue weighted by atomic mass is 79.9. The van der Waals surface area contributed by atoms with E-state index in [4.69, 9.17) is 0 Å². The van der Waals surface area contributed by atoms with Crippen molar-refractivity contribution in [2.75, 3.05) is 0 Å². The summed E-state index contributed by atoms with van der Waals surface area (Å²) in [5.74, 6) is -0.263. The number of fused-ring (bicyclic) bond motifs is 1. The minimum atomic E-state index is -0.736. The fourth-order valence-electron chi connectivity index (χ4n) is 2.39. The van der Waals surface area contributed by atoms with Crippen molar-refractivity contribution in [1.29, 1.82) is 0 Å². The van der Waals surface area contributed by atoms with Gasteiger partial charge in [0.1, 0.15) is 0 Å². The first kappa shape index (κ1) is 16.1. The summed E-state index contributed by atoms with van der Waals surface area (Å²) >= 11 is 3.35. The second-order valence-corrected chi connectivity index (χ2v) is 6.13. The molecule has 1 amide bonds. The largest absolute Gasteiger partial charge is 0.348 e. The third-order valence-corrected chi connectivity index (χ3v) is 4.03. The lowest BCUT2D eigenvalue weighted by atomic mass is 10.1. The standard InChI is InChI=1S/C16H13BrN4O3/c1-8-11(3-2-4-18-8)14(22)19-7-9-5-10(17)6-12-13(9)21-16(24)15(23)20-12/h2-6H,7H2,1H3,(H,19,22)(H,20,23)(H,21,24). The van der Waals surface area contributed by atoms with Crippen LogP contribution in [-0.4, -0.2) is 20.9 Å². The molecule has 0 saturated carbocycles. The van der Waals surface area contributed by atoms with E-state index >= 15 is 0 Å². The highest BCUT2D eigenvalue weighted by molar-refractivity contribution is 9.10. The fraction of sp³-hybridized carbons (Fsp3) is 0.125. The van der Waals surface area contributed by atoms with E-state index in [1.807, 2.05) is 0 Å². The van der Waals surface area contributed by atoms with Gasteiger partial charge in [-0.25, -0.2) is 0 Å². The maximum atomic E-state index is 12.3. The third-order valence-electron chi connectivity index (χ3n) is 3.57. The normalized spacial score (nSPS) is 10.8. The van der Waals surface area contributed by atoms with Gasteiger partial charge >= 0.3 is 11.1 Å². The van der Waals surface area contributed by atoms with Crippen molar-refractivity contribution in [1.82, 2.24) is 20.3 Å². The lowest BCUT2D eigenvalue weighted by molar-refractivity contribution is 0.0950. The SMILES string of the molecule is Cc1ncccc1C(=O)NCc1cc(Br)cc2[nH]c(=O)c(=O)[nH]c12. The molecule has 3 aromatic rings. The van der Waals surface area contributed by atoms with Crippen molar-refractivity contribution >= 4 is 32.9 Å². The van der Waals surface area contributed by atoms with Crippen LogP contribution in [0.25, 0.3) is 11.0 Å². The molecule has 0 unspecified atom stereocenters. The van der Waals surface area contributed by atoms with Crippen LogP contribution in [-0.2, 0) is 6.54 Å². The number of aryl methyl sites for hydroxylation is 1. The van der Waals surface area contributed by atoms with Gasteiger partial charge in [0.25, 0.3) is 5.91 Å². The molecule has 0 atom stereocenters. The third kappa shape index (κ3) is 3.13. The number of nitrogens with one attached hydrogen (secondary N) is 3. The Hall–Kier alpha value is -2.74. The van der Waals surface area contributed by atoms with Gasteiger partial charge in [-0.15, -0.1) is 0 Å². The molecule has 3 N–H and O–H groups in total. The number of rotatable bonds is 3. The number of aromatic nitrogens is 3. The van der Waals surface area contributed by atoms with Crippen molar-refractivity contribution in [3.63, 3.8) is 0 Å². The lowest BCUT2D eigenvalue weighted by Gasteiger charge is -2.10. The van der Waals surface area contributed by atoms with E-state index in [-0.39, 0.29) is 12.5 Å². The minimum absolute atomic E-state index is 0.186. The van der Waals surface area contributed by atoms with Crippen molar-refractivity contribution < 1.29 is 4.79 Å². The Kier molecular flexibility index (Phi) is 4.30. The number of halogens is 1. The van der Waals surface area contributed by atoms with Crippen LogP contribution >= 0.6 is 15.9 Å². The number of hydrogen-bond donors (Lipinski definition) is 3. The predicted octanol–water partition coefficient (Wildman–Crippen LogP) is 1.61. The second-order valence-electron chi connectivity index (χ2n) is 5.21. The number of amides is 1. The van der Waals surface area contributed by atoms with Gasteiger partial charge in [0, 0.05) is 22.9 Å². The fourth-order valence-corrected chi connectivity index (χ4v) is 2.90. The smallest absolute Gasteiger partial charge is 0.314 e. The topological polar surface area (TPSA) is 108 Å². The van der Waals surface area contributed by atoms with Crippen molar-refractivity contribution in [3.8, 4) is 0 Å². The summed E-state index contributed by atoms with van der Waals surface area (Å²) < 4.78 is 0.722. The van der Waals surface area contributed by atoms with Gasteiger partial charge in [-0.05, 0) is 36.8 Å². The highest BCUT2D eigenvalue weighted by Crippen LogP contribution is 2.20. The minimum Gasteiger partial charge on any atom is -0.348 e. The molecule has 24 heavy (non-hydrogen) atoms. The second kappa shape index (κ2) is 6.40. The number of benzene rings is 1. The van der Waals surface area contributed by atoms with E-state index in [1.165, 1.54) is 0 Å². The number of pyridine rings is 1. The summed E-state index contributed by atoms with van der Waals surface area (Å²) in [5.41, 5.74) is 1.29. The Morgan fingerprint density at radius 1 is 1.25 bits per heavy atom. The average Bonchev–Trinajstić information content (AvgIpc) is 2.54. The quantitative estimate of drug-likeness (QED) is 0.592. The number of carbonyl (C=O) groups is 1. The Morgan fingerprint density at radius 2 is 2.00 bits per heavy atom. The van der Waals surface area contributed by atoms with Gasteiger partial charge in [0.05, 0.1) is 16.6 Å². The van der Waals surface area contributed by atoms with Crippen molar-refractivity contribution in [2.45, 2.75) is 13.5 Å². The molecule has 0 bridgehead atoms. The number of carbonyl (C=O) groups excluding carboxylic acids is 1. The zero-order valence-corrected chi connectivity index (χ0v) is 14.2. The van der Waals surface area contributed by atoms with Crippen LogP contribution in [0, 0.1) is 6.92 Å². The molecule has 0 aliphatic rings. The zero-order chi connectivity index (χ0) is 17.3. The molecule has 2 heterocycles. The van der Waals surface area contributed by atoms with Gasteiger partial charge in [0.15, 0.2) is 0 Å². The average molecular weight is 389 g/mol. The molecule has 3 rings (SSSR count). The van der Waals surface area contributed by atoms with E-state index in [9.17, 15) is 14.4 Å². The summed E-state index contributed by atoms with van der Waals surface area (Å²) in [6.07, 6.45) is 1.62. The molecule has 0 saturated heterocycles. The maximum absolute atomic E-state index is 12.3. The summed E-state index contributed by atoms with van der Waals surface area (Å²) in [6, 6.07) is 6.84. The Bertz CT molecular complexity index is 1060. The first-order chi connectivity index (χ1) is 11.5. The molecule has 8 heteroatoms. The summed E-state index contributed by atoms with van der Waals surface area (Å²) in [5, 5.41) is 2.80. The molecule has 0 spiro atoms. The molecule has 0 aliphatic carbocycles. The van der Waals surface area contributed by atoms with Crippen LogP contribution in [0.4, 0.5) is 0 Å². The van der Waals surface area contributed by atoms with Crippen LogP contribution < -0.4 is 16.4 Å². The summed E-state index contributed by atoms with van der Waals surface area (Å²) in [6.45, 7) is 1.94. The van der Waals surface area contributed by atoms with Crippen LogP contribution in [0.5, 0.6) is 0 Å². The van der Waals surface area contributed by atoms with E-state index in [1.54, 1.807) is 37.4 Å². The molecule has 2 aromatic heterocycles. The highest BCUT2D eigenvalue weighted by Gasteiger charge is 2.11. The predicted molar refractivity (Wildman–Crippen MR) is 93.0 cm³/mol. The number of aromatic amines is 2. The Balaban J connectivity index is 1.94. The molecule has 122 valence electrons. The van der Waals surface area contributed by atoms with E-state index in [0.717, 1.165) is 4.47 Å². The summed E-state index contributed by atoms with van der Waals surface area (Å²) in [7, 11) is 0. The van der Waals surface area contributed by atoms with Crippen molar-refractivity contribution in [2.24, 2.45) is 0 Å². The first-order valence-electron chi connectivity index (χ1n) is 7.10. The summed E-state index contributed by atoms with van der Waals surface area (Å²) in [4.78, 5) is 44.5. The molecule has 7 nitrogen and oxygen atoms in total. The number of H-pyrrole nitrogens is 2. The molecular formula is C16H13BrN4O3. The molecule has 1 aromatic carbocycles. The molecule has 0 radical (unpaired) electrons.